The summed E-state index contributed by atoms with van der Waals surface area (Å²) in [5.41, 5.74) is 8.01. The monoisotopic (exact) mass is 260 g/mol. The fraction of sp³-hybridized carbons (Fsp3) is 0.533. The maximum absolute atomic E-state index is 5.92. The minimum atomic E-state index is 0.364. The Bertz CT molecular complexity index is 542. The van der Waals surface area contributed by atoms with Crippen LogP contribution in [0.15, 0.2) is 22.6 Å². The Morgan fingerprint density at radius 3 is 2.79 bits per heavy atom. The van der Waals surface area contributed by atoms with Crippen LogP contribution in [0.3, 0.4) is 0 Å². The van der Waals surface area contributed by atoms with Gasteiger partial charge in [-0.25, -0.2) is 4.98 Å². The molecule has 0 saturated heterocycles. The van der Waals surface area contributed by atoms with Gasteiger partial charge in [0.2, 0.25) is 5.89 Å². The SMILES string of the molecule is Nc1ccc2oc(COC3CCCCCC3)nc2c1. The molecule has 4 heteroatoms. The molecule has 1 saturated carbocycles. The van der Waals surface area contributed by atoms with Crippen molar-refractivity contribution in [1.29, 1.82) is 0 Å². The minimum Gasteiger partial charge on any atom is -0.438 e. The molecule has 1 aliphatic carbocycles. The highest BCUT2D eigenvalue weighted by atomic mass is 16.5. The van der Waals surface area contributed by atoms with Gasteiger partial charge >= 0.3 is 0 Å². The summed E-state index contributed by atoms with van der Waals surface area (Å²) < 4.78 is 11.6. The number of fused-ring (bicyclic) bond motifs is 1. The van der Waals surface area contributed by atoms with Crippen LogP contribution in [0.5, 0.6) is 0 Å². The lowest BCUT2D eigenvalue weighted by Gasteiger charge is -2.13. The normalized spacial score (nSPS) is 17.7. The van der Waals surface area contributed by atoms with Crippen molar-refractivity contribution in [2.75, 3.05) is 5.73 Å². The summed E-state index contributed by atoms with van der Waals surface area (Å²) >= 11 is 0. The quantitative estimate of drug-likeness (QED) is 0.676. The molecule has 0 aliphatic heterocycles. The molecule has 2 N–H and O–H groups in total. The van der Waals surface area contributed by atoms with Crippen LogP contribution in [0.4, 0.5) is 5.69 Å². The first kappa shape index (κ1) is 12.5. The molecule has 0 radical (unpaired) electrons. The number of nitrogens with two attached hydrogens (primary N) is 1. The number of nitrogen functional groups attached to an aromatic ring is 1. The molecule has 1 aliphatic rings. The van der Waals surface area contributed by atoms with Crippen molar-refractivity contribution in [2.24, 2.45) is 0 Å². The molecule has 1 aromatic heterocycles. The first-order valence-electron chi connectivity index (χ1n) is 7.08. The first-order valence-corrected chi connectivity index (χ1v) is 7.08. The van der Waals surface area contributed by atoms with Gasteiger partial charge in [-0.15, -0.1) is 0 Å². The van der Waals surface area contributed by atoms with Crippen molar-refractivity contribution in [3.8, 4) is 0 Å². The molecule has 2 aromatic rings. The molecule has 0 bridgehead atoms. The van der Waals surface area contributed by atoms with Crippen molar-refractivity contribution in [3.63, 3.8) is 0 Å². The van der Waals surface area contributed by atoms with E-state index in [1.165, 1.54) is 25.7 Å². The van der Waals surface area contributed by atoms with Gasteiger partial charge in [0.05, 0.1) is 6.10 Å². The Kier molecular flexibility index (Phi) is 3.69. The third kappa shape index (κ3) is 3.07. The number of rotatable bonds is 3. The van der Waals surface area contributed by atoms with Crippen molar-refractivity contribution in [3.05, 3.63) is 24.1 Å². The molecule has 1 aromatic carbocycles. The summed E-state index contributed by atoms with van der Waals surface area (Å²) in [6.07, 6.45) is 7.90. The van der Waals surface area contributed by atoms with Crippen LogP contribution in [0.2, 0.25) is 0 Å². The number of hydrogen-bond donors (Lipinski definition) is 1. The number of nitrogens with zero attached hydrogens (tertiary/aromatic N) is 1. The number of hydrogen-bond acceptors (Lipinski definition) is 4. The van der Waals surface area contributed by atoms with E-state index in [9.17, 15) is 0 Å². The summed E-state index contributed by atoms with van der Waals surface area (Å²) in [6, 6.07) is 5.50. The lowest BCUT2D eigenvalue weighted by molar-refractivity contribution is 0.0203. The van der Waals surface area contributed by atoms with E-state index in [1.807, 2.05) is 18.2 Å². The maximum Gasteiger partial charge on any atom is 0.221 e. The molecule has 19 heavy (non-hydrogen) atoms. The van der Waals surface area contributed by atoms with E-state index in [4.69, 9.17) is 14.9 Å². The van der Waals surface area contributed by atoms with Crippen LogP contribution in [-0.2, 0) is 11.3 Å². The fourth-order valence-electron chi connectivity index (χ4n) is 2.65. The maximum atomic E-state index is 5.92. The zero-order valence-electron chi connectivity index (χ0n) is 11.1. The van der Waals surface area contributed by atoms with Gasteiger partial charge < -0.3 is 14.9 Å². The van der Waals surface area contributed by atoms with Gasteiger partial charge in [0.15, 0.2) is 5.58 Å². The van der Waals surface area contributed by atoms with Gasteiger partial charge in [-0.3, -0.25) is 0 Å². The van der Waals surface area contributed by atoms with Gasteiger partial charge in [-0.2, -0.15) is 0 Å². The van der Waals surface area contributed by atoms with Gasteiger partial charge in [-0.1, -0.05) is 25.7 Å². The Hall–Kier alpha value is -1.55. The number of benzene rings is 1. The lowest BCUT2D eigenvalue weighted by atomic mass is 10.1. The Morgan fingerprint density at radius 2 is 2.00 bits per heavy atom. The molecule has 0 spiro atoms. The average molecular weight is 260 g/mol. The van der Waals surface area contributed by atoms with E-state index >= 15 is 0 Å². The van der Waals surface area contributed by atoms with E-state index in [0.29, 0.717) is 24.3 Å². The van der Waals surface area contributed by atoms with E-state index in [0.717, 1.165) is 23.9 Å². The van der Waals surface area contributed by atoms with E-state index in [-0.39, 0.29) is 0 Å². The smallest absolute Gasteiger partial charge is 0.221 e. The van der Waals surface area contributed by atoms with E-state index in [2.05, 4.69) is 4.98 Å². The average Bonchev–Trinajstić information content (AvgIpc) is 2.63. The van der Waals surface area contributed by atoms with Gasteiger partial charge in [0.1, 0.15) is 12.1 Å². The second-order valence-electron chi connectivity index (χ2n) is 5.26. The van der Waals surface area contributed by atoms with Gasteiger partial charge in [0, 0.05) is 5.69 Å². The fourth-order valence-corrected chi connectivity index (χ4v) is 2.65. The lowest BCUT2D eigenvalue weighted by Crippen LogP contribution is -2.11. The zero-order chi connectivity index (χ0) is 13.1. The third-order valence-corrected chi connectivity index (χ3v) is 3.70. The summed E-state index contributed by atoms with van der Waals surface area (Å²) in [7, 11) is 0. The predicted molar refractivity (Wildman–Crippen MR) is 74.7 cm³/mol. The van der Waals surface area contributed by atoms with Crippen LogP contribution < -0.4 is 5.73 Å². The van der Waals surface area contributed by atoms with E-state index in [1.54, 1.807) is 0 Å². The van der Waals surface area contributed by atoms with Crippen molar-refractivity contribution < 1.29 is 9.15 Å². The molecule has 0 amide bonds. The van der Waals surface area contributed by atoms with Crippen molar-refractivity contribution >= 4 is 16.8 Å². The molecule has 0 atom stereocenters. The highest BCUT2D eigenvalue weighted by molar-refractivity contribution is 5.76. The largest absolute Gasteiger partial charge is 0.438 e. The van der Waals surface area contributed by atoms with E-state index < -0.39 is 0 Å². The number of oxazole rings is 1. The summed E-state index contributed by atoms with van der Waals surface area (Å²) in [5.74, 6) is 0.643. The van der Waals surface area contributed by atoms with Crippen LogP contribution in [0, 0.1) is 0 Å². The third-order valence-electron chi connectivity index (χ3n) is 3.70. The second-order valence-corrected chi connectivity index (χ2v) is 5.26. The van der Waals surface area contributed by atoms with Crippen LogP contribution in [0.1, 0.15) is 44.4 Å². The van der Waals surface area contributed by atoms with Crippen molar-refractivity contribution in [2.45, 2.75) is 51.2 Å². The highest BCUT2D eigenvalue weighted by Crippen LogP contribution is 2.22. The molecule has 0 unspecified atom stereocenters. The number of ether oxygens (including phenoxy) is 1. The minimum absolute atomic E-state index is 0.364. The summed E-state index contributed by atoms with van der Waals surface area (Å²) in [5, 5.41) is 0. The highest BCUT2D eigenvalue weighted by Gasteiger charge is 2.14. The molecule has 102 valence electrons. The predicted octanol–water partition coefficient (Wildman–Crippen LogP) is 3.65. The Labute approximate surface area is 112 Å². The Balaban J connectivity index is 1.64. The van der Waals surface area contributed by atoms with Crippen LogP contribution >= 0.6 is 0 Å². The number of anilines is 1. The topological polar surface area (TPSA) is 61.3 Å². The molecule has 1 fully saturated rings. The van der Waals surface area contributed by atoms with Gasteiger partial charge in [0.25, 0.3) is 0 Å². The first-order chi connectivity index (χ1) is 9.31. The van der Waals surface area contributed by atoms with Crippen molar-refractivity contribution in [1.82, 2.24) is 4.98 Å². The zero-order valence-corrected chi connectivity index (χ0v) is 11.1. The van der Waals surface area contributed by atoms with Crippen LogP contribution in [0.25, 0.3) is 11.1 Å². The molecular weight excluding hydrogens is 240 g/mol. The molecule has 4 nitrogen and oxygen atoms in total. The molecular formula is C15H20N2O2. The summed E-state index contributed by atoms with van der Waals surface area (Å²) in [4.78, 5) is 4.41. The van der Waals surface area contributed by atoms with Gasteiger partial charge in [-0.05, 0) is 31.0 Å². The second kappa shape index (κ2) is 5.61. The standard InChI is InChI=1S/C15H20N2O2/c16-11-7-8-14-13(9-11)17-15(19-14)10-18-12-5-3-1-2-4-6-12/h7-9,12H,1-6,10,16H2. The Morgan fingerprint density at radius 1 is 1.21 bits per heavy atom. The summed E-state index contributed by atoms with van der Waals surface area (Å²) in [6.45, 7) is 0.458. The number of aromatic nitrogens is 1. The van der Waals surface area contributed by atoms with Crippen LogP contribution in [-0.4, -0.2) is 11.1 Å². The molecule has 3 rings (SSSR count). The molecule has 1 heterocycles.